The maximum Gasteiger partial charge on any atom is 0.201 e. The van der Waals surface area contributed by atoms with E-state index in [1.807, 2.05) is 6.07 Å². The lowest BCUT2D eigenvalue weighted by molar-refractivity contribution is 0.514. The Balaban J connectivity index is 2.05. The van der Waals surface area contributed by atoms with Crippen LogP contribution in [-0.4, -0.2) is 14.5 Å². The molecule has 4 heteroatoms. The Labute approximate surface area is 102 Å². The summed E-state index contributed by atoms with van der Waals surface area (Å²) in [6, 6.07) is 1.97. The topological polar surface area (TPSA) is 56.7 Å². The Bertz CT molecular complexity index is 487. The number of hydrogen-bond donors (Lipinski definition) is 1. The first-order chi connectivity index (χ1) is 8.18. The molecule has 0 aliphatic carbocycles. The number of aryl methyl sites for hydroxylation is 1. The third kappa shape index (κ3) is 2.75. The molecule has 0 atom stereocenters. The summed E-state index contributed by atoms with van der Waals surface area (Å²) in [7, 11) is 0. The summed E-state index contributed by atoms with van der Waals surface area (Å²) < 4.78 is 2.08. The number of nitrogens with zero attached hydrogens (tertiary/aromatic N) is 3. The van der Waals surface area contributed by atoms with E-state index >= 15 is 0 Å². The summed E-state index contributed by atoms with van der Waals surface area (Å²) in [5, 5.41) is 0. The molecule has 0 unspecified atom stereocenters. The van der Waals surface area contributed by atoms with Gasteiger partial charge in [-0.2, -0.15) is 0 Å². The molecule has 4 nitrogen and oxygen atoms in total. The van der Waals surface area contributed by atoms with Crippen LogP contribution < -0.4 is 5.73 Å². The predicted octanol–water partition coefficient (Wildman–Crippen LogP) is 2.84. The molecule has 0 saturated heterocycles. The number of unbranched alkanes of at least 4 members (excludes halogenated alkanes) is 1. The number of nitrogens with two attached hydrogens (primary N) is 1. The average molecular weight is 232 g/mol. The first kappa shape index (κ1) is 11.9. The molecule has 2 rings (SSSR count). The minimum absolute atomic E-state index is 0.595. The summed E-state index contributed by atoms with van der Waals surface area (Å²) in [4.78, 5) is 8.36. The van der Waals surface area contributed by atoms with Crippen LogP contribution in [0.25, 0.3) is 11.0 Å². The number of hydrogen-bond acceptors (Lipinski definition) is 3. The molecular formula is C13H20N4. The van der Waals surface area contributed by atoms with Gasteiger partial charge in [0.25, 0.3) is 0 Å². The average Bonchev–Trinajstić information content (AvgIpc) is 2.60. The second-order valence-corrected chi connectivity index (χ2v) is 4.88. The number of anilines is 1. The molecule has 0 bridgehead atoms. The van der Waals surface area contributed by atoms with Gasteiger partial charge < -0.3 is 10.3 Å². The Kier molecular flexibility index (Phi) is 3.61. The standard InChI is InChI=1S/C13H20N4/c1-10(2)5-3-4-8-17-12-6-7-15-9-11(12)16-13(17)14/h6-7,9-10H,3-5,8H2,1-2H3,(H2,14,16). The van der Waals surface area contributed by atoms with Crippen molar-refractivity contribution >= 4 is 17.0 Å². The molecular weight excluding hydrogens is 212 g/mol. The number of pyridine rings is 1. The Morgan fingerprint density at radius 3 is 2.94 bits per heavy atom. The highest BCUT2D eigenvalue weighted by molar-refractivity contribution is 5.76. The third-order valence-electron chi connectivity index (χ3n) is 2.99. The molecule has 0 fully saturated rings. The molecule has 0 spiro atoms. The van der Waals surface area contributed by atoms with Crippen LogP contribution in [0, 0.1) is 5.92 Å². The van der Waals surface area contributed by atoms with E-state index in [1.165, 1.54) is 12.8 Å². The zero-order chi connectivity index (χ0) is 12.3. The van der Waals surface area contributed by atoms with Crippen molar-refractivity contribution in [3.63, 3.8) is 0 Å². The first-order valence-corrected chi connectivity index (χ1v) is 6.24. The Morgan fingerprint density at radius 1 is 1.35 bits per heavy atom. The summed E-state index contributed by atoms with van der Waals surface area (Å²) in [5.41, 5.74) is 7.89. The highest BCUT2D eigenvalue weighted by Crippen LogP contribution is 2.17. The third-order valence-corrected chi connectivity index (χ3v) is 2.99. The van der Waals surface area contributed by atoms with Gasteiger partial charge in [-0.3, -0.25) is 4.98 Å². The van der Waals surface area contributed by atoms with Gasteiger partial charge in [0.1, 0.15) is 5.52 Å². The van der Waals surface area contributed by atoms with Crippen LogP contribution in [0.5, 0.6) is 0 Å². The molecule has 17 heavy (non-hydrogen) atoms. The van der Waals surface area contributed by atoms with Crippen LogP contribution in [0.1, 0.15) is 33.1 Å². The van der Waals surface area contributed by atoms with Crippen LogP contribution in [0.3, 0.4) is 0 Å². The quantitative estimate of drug-likeness (QED) is 0.806. The van der Waals surface area contributed by atoms with Crippen molar-refractivity contribution in [2.24, 2.45) is 5.92 Å². The van der Waals surface area contributed by atoms with E-state index in [9.17, 15) is 0 Å². The molecule has 92 valence electrons. The van der Waals surface area contributed by atoms with Gasteiger partial charge in [0.15, 0.2) is 0 Å². The van der Waals surface area contributed by atoms with Crippen molar-refractivity contribution in [3.8, 4) is 0 Å². The molecule has 0 radical (unpaired) electrons. The van der Waals surface area contributed by atoms with E-state index in [1.54, 1.807) is 12.4 Å². The van der Waals surface area contributed by atoms with E-state index in [0.717, 1.165) is 29.9 Å². The van der Waals surface area contributed by atoms with E-state index in [0.29, 0.717) is 5.95 Å². The van der Waals surface area contributed by atoms with Gasteiger partial charge in [-0.05, 0) is 18.4 Å². The van der Waals surface area contributed by atoms with Crippen LogP contribution in [0.4, 0.5) is 5.95 Å². The smallest absolute Gasteiger partial charge is 0.201 e. The normalized spacial score (nSPS) is 11.5. The fourth-order valence-electron chi connectivity index (χ4n) is 2.06. The van der Waals surface area contributed by atoms with Gasteiger partial charge in [-0.15, -0.1) is 0 Å². The predicted molar refractivity (Wildman–Crippen MR) is 70.6 cm³/mol. The second kappa shape index (κ2) is 5.17. The van der Waals surface area contributed by atoms with Crippen LogP contribution in [0.2, 0.25) is 0 Å². The van der Waals surface area contributed by atoms with Crippen molar-refractivity contribution in [2.45, 2.75) is 39.7 Å². The SMILES string of the molecule is CC(C)CCCCn1c(N)nc2cnccc21. The number of nitrogen functional groups attached to an aromatic ring is 1. The van der Waals surface area contributed by atoms with E-state index < -0.39 is 0 Å². The zero-order valence-electron chi connectivity index (χ0n) is 10.6. The largest absolute Gasteiger partial charge is 0.369 e. The highest BCUT2D eigenvalue weighted by Gasteiger charge is 2.07. The van der Waals surface area contributed by atoms with Crippen LogP contribution in [0.15, 0.2) is 18.5 Å². The molecule has 0 aromatic carbocycles. The van der Waals surface area contributed by atoms with E-state index in [4.69, 9.17) is 5.73 Å². The number of aromatic nitrogens is 3. The lowest BCUT2D eigenvalue weighted by atomic mass is 10.1. The molecule has 2 heterocycles. The van der Waals surface area contributed by atoms with Crippen molar-refractivity contribution < 1.29 is 0 Å². The van der Waals surface area contributed by atoms with Gasteiger partial charge in [0.05, 0.1) is 11.7 Å². The van der Waals surface area contributed by atoms with Crippen LogP contribution in [-0.2, 0) is 6.54 Å². The Morgan fingerprint density at radius 2 is 2.18 bits per heavy atom. The maximum absolute atomic E-state index is 5.92. The van der Waals surface area contributed by atoms with Gasteiger partial charge in [-0.25, -0.2) is 4.98 Å². The minimum Gasteiger partial charge on any atom is -0.369 e. The lowest BCUT2D eigenvalue weighted by Crippen LogP contribution is -2.03. The van der Waals surface area contributed by atoms with Crippen LogP contribution >= 0.6 is 0 Å². The summed E-state index contributed by atoms with van der Waals surface area (Å²) in [6.07, 6.45) is 7.20. The van der Waals surface area contributed by atoms with Crippen molar-refractivity contribution in [2.75, 3.05) is 5.73 Å². The monoisotopic (exact) mass is 232 g/mol. The fourth-order valence-corrected chi connectivity index (χ4v) is 2.06. The first-order valence-electron chi connectivity index (χ1n) is 6.24. The van der Waals surface area contributed by atoms with E-state index in [-0.39, 0.29) is 0 Å². The molecule has 2 N–H and O–H groups in total. The summed E-state index contributed by atoms with van der Waals surface area (Å²) >= 11 is 0. The maximum atomic E-state index is 5.92. The lowest BCUT2D eigenvalue weighted by Gasteiger charge is -2.07. The number of fused-ring (bicyclic) bond motifs is 1. The second-order valence-electron chi connectivity index (χ2n) is 4.88. The number of rotatable bonds is 5. The van der Waals surface area contributed by atoms with E-state index in [2.05, 4.69) is 28.4 Å². The molecule has 2 aromatic heterocycles. The molecule has 2 aromatic rings. The highest BCUT2D eigenvalue weighted by atomic mass is 15.2. The van der Waals surface area contributed by atoms with Crippen molar-refractivity contribution in [1.82, 2.24) is 14.5 Å². The zero-order valence-corrected chi connectivity index (χ0v) is 10.6. The van der Waals surface area contributed by atoms with Gasteiger partial charge in [-0.1, -0.05) is 26.7 Å². The molecule has 0 amide bonds. The molecule has 0 aliphatic heterocycles. The summed E-state index contributed by atoms with van der Waals surface area (Å²) in [6.45, 7) is 5.46. The van der Waals surface area contributed by atoms with Gasteiger partial charge in [0, 0.05) is 12.7 Å². The molecule has 0 aliphatic rings. The fraction of sp³-hybridized carbons (Fsp3) is 0.538. The summed E-state index contributed by atoms with van der Waals surface area (Å²) in [5.74, 6) is 1.37. The van der Waals surface area contributed by atoms with Crippen molar-refractivity contribution in [1.29, 1.82) is 0 Å². The number of imidazole rings is 1. The van der Waals surface area contributed by atoms with Gasteiger partial charge >= 0.3 is 0 Å². The minimum atomic E-state index is 0.595. The Hall–Kier alpha value is -1.58. The van der Waals surface area contributed by atoms with Gasteiger partial charge in [0.2, 0.25) is 5.95 Å². The molecule has 0 saturated carbocycles. The van der Waals surface area contributed by atoms with Crippen molar-refractivity contribution in [3.05, 3.63) is 18.5 Å².